The summed E-state index contributed by atoms with van der Waals surface area (Å²) < 4.78 is 0. The van der Waals surface area contributed by atoms with Crippen LogP contribution in [0.25, 0.3) is 0 Å². The molecular weight excluding hydrogens is 256 g/mol. The molecule has 3 rings (SSSR count). The van der Waals surface area contributed by atoms with Gasteiger partial charge in [0.1, 0.15) is 4.88 Å². The maximum absolute atomic E-state index is 12.4. The number of nitrogens with two attached hydrogens (primary N) is 1. The summed E-state index contributed by atoms with van der Waals surface area (Å²) in [4.78, 5) is 15.0. The number of hydrogen-bond donors (Lipinski definition) is 1. The van der Waals surface area contributed by atoms with Gasteiger partial charge in [-0.05, 0) is 23.4 Å². The van der Waals surface area contributed by atoms with E-state index in [1.165, 1.54) is 16.9 Å². The zero-order chi connectivity index (χ0) is 13.2. The van der Waals surface area contributed by atoms with Crippen molar-refractivity contribution < 1.29 is 4.79 Å². The topological polar surface area (TPSA) is 46.3 Å². The Labute approximate surface area is 116 Å². The van der Waals surface area contributed by atoms with E-state index in [2.05, 4.69) is 24.3 Å². The maximum Gasteiger partial charge on any atom is 0.266 e. The van der Waals surface area contributed by atoms with E-state index in [1.807, 2.05) is 16.3 Å². The van der Waals surface area contributed by atoms with Crippen LogP contribution in [-0.2, 0) is 0 Å². The number of thiophene rings is 1. The molecule has 1 fully saturated rings. The Morgan fingerprint density at radius 2 is 2.05 bits per heavy atom. The van der Waals surface area contributed by atoms with Crippen molar-refractivity contribution in [2.75, 3.05) is 18.8 Å². The lowest BCUT2D eigenvalue weighted by Crippen LogP contribution is -2.28. The summed E-state index contributed by atoms with van der Waals surface area (Å²) in [6.45, 7) is 1.61. The van der Waals surface area contributed by atoms with Gasteiger partial charge >= 0.3 is 0 Å². The summed E-state index contributed by atoms with van der Waals surface area (Å²) in [5.74, 6) is 0.525. The van der Waals surface area contributed by atoms with Gasteiger partial charge in [-0.25, -0.2) is 0 Å². The van der Waals surface area contributed by atoms with Gasteiger partial charge in [-0.2, -0.15) is 0 Å². The Kier molecular flexibility index (Phi) is 3.25. The van der Waals surface area contributed by atoms with Gasteiger partial charge in [0.2, 0.25) is 0 Å². The van der Waals surface area contributed by atoms with Gasteiger partial charge in [-0.3, -0.25) is 4.79 Å². The first-order valence-electron chi connectivity index (χ1n) is 6.43. The molecule has 1 aromatic carbocycles. The van der Waals surface area contributed by atoms with Gasteiger partial charge in [-0.1, -0.05) is 30.3 Å². The van der Waals surface area contributed by atoms with Crippen LogP contribution in [-0.4, -0.2) is 23.9 Å². The van der Waals surface area contributed by atoms with Crippen LogP contribution in [0.5, 0.6) is 0 Å². The second kappa shape index (κ2) is 5.05. The minimum atomic E-state index is 0.0749. The molecule has 3 nitrogen and oxygen atoms in total. The first kappa shape index (κ1) is 12.2. The van der Waals surface area contributed by atoms with E-state index < -0.39 is 0 Å². The van der Waals surface area contributed by atoms with E-state index in [9.17, 15) is 4.79 Å². The molecule has 19 heavy (non-hydrogen) atoms. The molecule has 2 heterocycles. The van der Waals surface area contributed by atoms with Gasteiger partial charge in [0.15, 0.2) is 0 Å². The van der Waals surface area contributed by atoms with Crippen LogP contribution in [0, 0.1) is 0 Å². The number of nitrogen functional groups attached to an aromatic ring is 1. The number of benzene rings is 1. The van der Waals surface area contributed by atoms with E-state index in [-0.39, 0.29) is 5.91 Å². The Morgan fingerprint density at radius 3 is 2.74 bits per heavy atom. The van der Waals surface area contributed by atoms with Crippen LogP contribution in [0.1, 0.15) is 27.6 Å². The smallest absolute Gasteiger partial charge is 0.266 e. The third-order valence-electron chi connectivity index (χ3n) is 3.64. The minimum Gasteiger partial charge on any atom is -0.397 e. The van der Waals surface area contributed by atoms with Gasteiger partial charge in [0.05, 0.1) is 5.69 Å². The zero-order valence-electron chi connectivity index (χ0n) is 10.6. The highest BCUT2D eigenvalue weighted by Crippen LogP contribution is 2.30. The normalized spacial score (nSPS) is 18.7. The number of nitrogens with zero attached hydrogens (tertiary/aromatic N) is 1. The van der Waals surface area contributed by atoms with E-state index in [1.54, 1.807) is 6.07 Å². The lowest BCUT2D eigenvalue weighted by atomic mass is 9.99. The van der Waals surface area contributed by atoms with Crippen LogP contribution in [0.2, 0.25) is 0 Å². The summed E-state index contributed by atoms with van der Waals surface area (Å²) in [6, 6.07) is 12.2. The molecule has 4 heteroatoms. The average Bonchev–Trinajstić information content (AvgIpc) is 3.08. The number of hydrogen-bond acceptors (Lipinski definition) is 3. The van der Waals surface area contributed by atoms with Gasteiger partial charge < -0.3 is 10.6 Å². The zero-order valence-corrected chi connectivity index (χ0v) is 11.4. The number of likely N-dealkylation sites (tertiary alicyclic amines) is 1. The highest BCUT2D eigenvalue weighted by atomic mass is 32.1. The van der Waals surface area contributed by atoms with E-state index in [0.717, 1.165) is 19.5 Å². The monoisotopic (exact) mass is 272 g/mol. The molecule has 1 amide bonds. The lowest BCUT2D eigenvalue weighted by molar-refractivity contribution is 0.0796. The predicted octanol–water partition coefficient (Wildman–Crippen LogP) is 2.96. The Morgan fingerprint density at radius 1 is 1.26 bits per heavy atom. The molecule has 1 saturated heterocycles. The molecule has 0 bridgehead atoms. The van der Waals surface area contributed by atoms with Crippen molar-refractivity contribution in [3.63, 3.8) is 0 Å². The summed E-state index contributed by atoms with van der Waals surface area (Å²) in [5.41, 5.74) is 7.73. The minimum absolute atomic E-state index is 0.0749. The number of carbonyl (C=O) groups excluding carboxylic acids is 1. The van der Waals surface area contributed by atoms with E-state index in [0.29, 0.717) is 16.5 Å². The second-order valence-electron chi connectivity index (χ2n) is 4.85. The summed E-state index contributed by atoms with van der Waals surface area (Å²) in [5, 5.41) is 1.87. The van der Waals surface area contributed by atoms with E-state index >= 15 is 0 Å². The maximum atomic E-state index is 12.4. The summed E-state index contributed by atoms with van der Waals surface area (Å²) in [7, 11) is 0. The van der Waals surface area contributed by atoms with Crippen molar-refractivity contribution in [1.29, 1.82) is 0 Å². The van der Waals surface area contributed by atoms with Crippen LogP contribution in [0.3, 0.4) is 0 Å². The van der Waals surface area contributed by atoms with Crippen LogP contribution in [0.4, 0.5) is 5.69 Å². The summed E-state index contributed by atoms with van der Waals surface area (Å²) >= 11 is 1.43. The Hall–Kier alpha value is -1.81. The van der Waals surface area contributed by atoms with Crippen molar-refractivity contribution in [3.8, 4) is 0 Å². The second-order valence-corrected chi connectivity index (χ2v) is 5.77. The Bertz CT molecular complexity index is 579. The highest BCUT2D eigenvalue weighted by molar-refractivity contribution is 7.12. The van der Waals surface area contributed by atoms with Crippen LogP contribution >= 0.6 is 11.3 Å². The van der Waals surface area contributed by atoms with Gasteiger partial charge in [0.25, 0.3) is 5.91 Å². The SMILES string of the molecule is Nc1ccsc1C(=O)N1CCC(c2ccccc2)C1. The van der Waals surface area contributed by atoms with Crippen molar-refractivity contribution in [2.24, 2.45) is 0 Å². The molecule has 2 N–H and O–H groups in total. The first-order valence-corrected chi connectivity index (χ1v) is 7.31. The van der Waals surface area contributed by atoms with Crippen molar-refractivity contribution in [3.05, 3.63) is 52.2 Å². The molecule has 98 valence electrons. The molecule has 1 atom stereocenters. The third-order valence-corrected chi connectivity index (χ3v) is 4.55. The number of amides is 1. The quantitative estimate of drug-likeness (QED) is 0.913. The fourth-order valence-electron chi connectivity index (χ4n) is 2.58. The molecule has 0 saturated carbocycles. The molecule has 0 radical (unpaired) electrons. The molecule has 1 aliphatic heterocycles. The Balaban J connectivity index is 1.73. The number of carbonyl (C=O) groups is 1. The third kappa shape index (κ3) is 2.36. The number of rotatable bonds is 2. The molecule has 0 spiro atoms. The number of anilines is 1. The molecular formula is C15H16N2OS. The standard InChI is InChI=1S/C15H16N2OS/c16-13-7-9-19-14(13)15(18)17-8-6-12(10-17)11-4-2-1-3-5-11/h1-5,7,9,12H,6,8,10,16H2. The largest absolute Gasteiger partial charge is 0.397 e. The van der Waals surface area contributed by atoms with Crippen molar-refractivity contribution >= 4 is 22.9 Å². The van der Waals surface area contributed by atoms with Gasteiger partial charge in [-0.15, -0.1) is 11.3 Å². The average molecular weight is 272 g/mol. The van der Waals surface area contributed by atoms with Crippen LogP contribution in [0.15, 0.2) is 41.8 Å². The van der Waals surface area contributed by atoms with Crippen molar-refractivity contribution in [2.45, 2.75) is 12.3 Å². The molecule has 1 aliphatic rings. The van der Waals surface area contributed by atoms with Crippen molar-refractivity contribution in [1.82, 2.24) is 4.90 Å². The summed E-state index contributed by atoms with van der Waals surface area (Å²) in [6.07, 6.45) is 1.03. The first-order chi connectivity index (χ1) is 9.25. The predicted molar refractivity (Wildman–Crippen MR) is 78.4 cm³/mol. The van der Waals surface area contributed by atoms with Gasteiger partial charge in [0, 0.05) is 19.0 Å². The van der Waals surface area contributed by atoms with E-state index in [4.69, 9.17) is 5.73 Å². The lowest BCUT2D eigenvalue weighted by Gasteiger charge is -2.16. The molecule has 0 aliphatic carbocycles. The fraction of sp³-hybridized carbons (Fsp3) is 0.267. The molecule has 2 aromatic rings. The van der Waals surface area contributed by atoms with Crippen LogP contribution < -0.4 is 5.73 Å². The fourth-order valence-corrected chi connectivity index (χ4v) is 3.36. The molecule has 1 aromatic heterocycles. The molecule has 1 unspecified atom stereocenters. The highest BCUT2D eigenvalue weighted by Gasteiger charge is 2.29.